The second-order valence-corrected chi connectivity index (χ2v) is 4.39. The predicted octanol–water partition coefficient (Wildman–Crippen LogP) is -0.338. The van der Waals surface area contributed by atoms with Gasteiger partial charge >= 0.3 is 5.97 Å². The number of nitrogens with one attached hydrogen (secondary N) is 1. The molecule has 1 aliphatic rings. The van der Waals surface area contributed by atoms with E-state index < -0.39 is 5.97 Å². The van der Waals surface area contributed by atoms with Crippen LogP contribution in [0.25, 0.3) is 0 Å². The standard InChI is InChI=1S/C11H16N4O4/c16-10(17)7-15-6-9(13-14-15)11(18)12-5-8-3-1-2-4-19-8/h6,8H,1-5,7H2,(H,12,18)(H,16,17). The number of aliphatic carboxylic acids is 1. The molecule has 1 aliphatic heterocycles. The zero-order valence-electron chi connectivity index (χ0n) is 10.4. The molecule has 0 saturated carbocycles. The normalized spacial score (nSPS) is 19.1. The van der Waals surface area contributed by atoms with Gasteiger partial charge in [-0.1, -0.05) is 5.21 Å². The van der Waals surface area contributed by atoms with Crippen molar-refractivity contribution >= 4 is 11.9 Å². The third-order valence-electron chi connectivity index (χ3n) is 2.83. The summed E-state index contributed by atoms with van der Waals surface area (Å²) >= 11 is 0. The number of carboxylic acids is 1. The predicted molar refractivity (Wildman–Crippen MR) is 63.6 cm³/mol. The van der Waals surface area contributed by atoms with Crippen LogP contribution in [-0.4, -0.2) is 51.2 Å². The van der Waals surface area contributed by atoms with Crippen LogP contribution in [0.1, 0.15) is 29.8 Å². The van der Waals surface area contributed by atoms with Crippen LogP contribution < -0.4 is 5.32 Å². The van der Waals surface area contributed by atoms with Crippen LogP contribution in [0.5, 0.6) is 0 Å². The van der Waals surface area contributed by atoms with Crippen molar-refractivity contribution in [3.05, 3.63) is 11.9 Å². The van der Waals surface area contributed by atoms with Gasteiger partial charge in [0.25, 0.3) is 5.91 Å². The largest absolute Gasteiger partial charge is 0.480 e. The third kappa shape index (κ3) is 4.02. The van der Waals surface area contributed by atoms with E-state index in [0.29, 0.717) is 6.54 Å². The van der Waals surface area contributed by atoms with E-state index in [-0.39, 0.29) is 24.2 Å². The van der Waals surface area contributed by atoms with Gasteiger partial charge in [-0.05, 0) is 19.3 Å². The van der Waals surface area contributed by atoms with Gasteiger partial charge in [0.15, 0.2) is 5.69 Å². The minimum atomic E-state index is -1.03. The average Bonchev–Trinajstić information content (AvgIpc) is 2.85. The van der Waals surface area contributed by atoms with Crippen LogP contribution in [0.3, 0.4) is 0 Å². The molecule has 2 N–H and O–H groups in total. The summed E-state index contributed by atoms with van der Waals surface area (Å²) in [4.78, 5) is 22.2. The summed E-state index contributed by atoms with van der Waals surface area (Å²) < 4.78 is 6.59. The number of amides is 1. The number of rotatable bonds is 5. The van der Waals surface area contributed by atoms with Gasteiger partial charge in [0, 0.05) is 13.2 Å². The Kier molecular flexibility index (Phi) is 4.45. The highest BCUT2D eigenvalue weighted by Crippen LogP contribution is 2.11. The second kappa shape index (κ2) is 6.28. The van der Waals surface area contributed by atoms with Gasteiger partial charge in [-0.2, -0.15) is 0 Å². The van der Waals surface area contributed by atoms with Crippen molar-refractivity contribution in [2.24, 2.45) is 0 Å². The lowest BCUT2D eigenvalue weighted by Gasteiger charge is -2.22. The van der Waals surface area contributed by atoms with Crippen LogP contribution >= 0.6 is 0 Å². The molecule has 104 valence electrons. The Bertz CT molecular complexity index is 453. The van der Waals surface area contributed by atoms with Crippen molar-refractivity contribution in [3.63, 3.8) is 0 Å². The van der Waals surface area contributed by atoms with Crippen molar-refractivity contribution in [1.29, 1.82) is 0 Å². The fraction of sp³-hybridized carbons (Fsp3) is 0.636. The molecular formula is C11H16N4O4. The SMILES string of the molecule is O=C(O)Cn1cc(C(=O)NCC2CCCCO2)nn1. The molecule has 1 aromatic heterocycles. The maximum absolute atomic E-state index is 11.8. The number of carboxylic acid groups (broad SMARTS) is 1. The second-order valence-electron chi connectivity index (χ2n) is 4.39. The van der Waals surface area contributed by atoms with E-state index >= 15 is 0 Å². The summed E-state index contributed by atoms with van der Waals surface area (Å²) in [6.45, 7) is 0.853. The topological polar surface area (TPSA) is 106 Å². The number of aromatic nitrogens is 3. The molecule has 19 heavy (non-hydrogen) atoms. The summed E-state index contributed by atoms with van der Waals surface area (Å²) in [6, 6.07) is 0. The Morgan fingerprint density at radius 2 is 2.37 bits per heavy atom. The number of carbonyl (C=O) groups is 2. The number of carbonyl (C=O) groups excluding carboxylic acids is 1. The van der Waals surface area contributed by atoms with Gasteiger partial charge in [0.2, 0.25) is 0 Å². The Hall–Kier alpha value is -1.96. The molecule has 0 aliphatic carbocycles. The van der Waals surface area contributed by atoms with Crippen molar-refractivity contribution in [1.82, 2.24) is 20.3 Å². The van der Waals surface area contributed by atoms with Crippen molar-refractivity contribution in [2.75, 3.05) is 13.2 Å². The molecule has 0 bridgehead atoms. The lowest BCUT2D eigenvalue weighted by atomic mass is 10.1. The molecule has 1 aromatic rings. The fourth-order valence-corrected chi connectivity index (χ4v) is 1.88. The van der Waals surface area contributed by atoms with Gasteiger partial charge in [0.05, 0.1) is 12.3 Å². The number of ether oxygens (including phenoxy) is 1. The first-order chi connectivity index (χ1) is 9.15. The molecule has 1 atom stereocenters. The van der Waals surface area contributed by atoms with Crippen molar-refractivity contribution in [2.45, 2.75) is 31.9 Å². The highest BCUT2D eigenvalue weighted by atomic mass is 16.5. The lowest BCUT2D eigenvalue weighted by Crippen LogP contribution is -2.35. The summed E-state index contributed by atoms with van der Waals surface area (Å²) in [7, 11) is 0. The minimum absolute atomic E-state index is 0.0479. The van der Waals surface area contributed by atoms with Gasteiger partial charge in [-0.15, -0.1) is 5.10 Å². The molecule has 1 amide bonds. The van der Waals surface area contributed by atoms with Crippen molar-refractivity contribution in [3.8, 4) is 0 Å². The zero-order chi connectivity index (χ0) is 13.7. The Labute approximate surface area is 109 Å². The number of hydrogen-bond donors (Lipinski definition) is 2. The van der Waals surface area contributed by atoms with Gasteiger partial charge < -0.3 is 15.2 Å². The first kappa shape index (κ1) is 13.5. The van der Waals surface area contributed by atoms with E-state index in [2.05, 4.69) is 15.6 Å². The molecule has 1 saturated heterocycles. The van der Waals surface area contributed by atoms with Crippen LogP contribution in [0, 0.1) is 0 Å². The number of nitrogens with zero attached hydrogens (tertiary/aromatic N) is 3. The Morgan fingerprint density at radius 3 is 3.05 bits per heavy atom. The van der Waals surface area contributed by atoms with E-state index in [9.17, 15) is 9.59 Å². The molecule has 2 heterocycles. The van der Waals surface area contributed by atoms with E-state index in [1.165, 1.54) is 6.20 Å². The quantitative estimate of drug-likeness (QED) is 0.756. The van der Waals surface area contributed by atoms with Gasteiger partial charge in [0.1, 0.15) is 6.54 Å². The van der Waals surface area contributed by atoms with Crippen LogP contribution in [0.2, 0.25) is 0 Å². The average molecular weight is 268 g/mol. The molecule has 1 fully saturated rings. The highest BCUT2D eigenvalue weighted by Gasteiger charge is 2.17. The first-order valence-corrected chi connectivity index (χ1v) is 6.17. The summed E-state index contributed by atoms with van der Waals surface area (Å²) in [5, 5.41) is 18.5. The maximum Gasteiger partial charge on any atom is 0.325 e. The first-order valence-electron chi connectivity index (χ1n) is 6.17. The van der Waals surface area contributed by atoms with E-state index in [4.69, 9.17) is 9.84 Å². The molecule has 0 radical (unpaired) electrons. The zero-order valence-corrected chi connectivity index (χ0v) is 10.4. The fourth-order valence-electron chi connectivity index (χ4n) is 1.88. The smallest absolute Gasteiger partial charge is 0.325 e. The minimum Gasteiger partial charge on any atom is -0.480 e. The van der Waals surface area contributed by atoms with E-state index in [1.54, 1.807) is 0 Å². The van der Waals surface area contributed by atoms with E-state index in [0.717, 1.165) is 30.6 Å². The van der Waals surface area contributed by atoms with Gasteiger partial charge in [-0.3, -0.25) is 9.59 Å². The Morgan fingerprint density at radius 1 is 1.53 bits per heavy atom. The number of hydrogen-bond acceptors (Lipinski definition) is 5. The third-order valence-corrected chi connectivity index (χ3v) is 2.83. The van der Waals surface area contributed by atoms with Crippen molar-refractivity contribution < 1.29 is 19.4 Å². The van der Waals surface area contributed by atoms with Gasteiger partial charge in [-0.25, -0.2) is 4.68 Å². The van der Waals surface area contributed by atoms with Crippen LogP contribution in [-0.2, 0) is 16.1 Å². The van der Waals surface area contributed by atoms with Crippen LogP contribution in [0.4, 0.5) is 0 Å². The molecular weight excluding hydrogens is 252 g/mol. The molecule has 8 heteroatoms. The monoisotopic (exact) mass is 268 g/mol. The summed E-state index contributed by atoms with van der Waals surface area (Å²) in [6.07, 6.45) is 4.47. The van der Waals surface area contributed by atoms with E-state index in [1.807, 2.05) is 0 Å². The molecule has 2 rings (SSSR count). The van der Waals surface area contributed by atoms with Crippen LogP contribution in [0.15, 0.2) is 6.20 Å². The lowest BCUT2D eigenvalue weighted by molar-refractivity contribution is -0.137. The Balaban J connectivity index is 1.81. The highest BCUT2D eigenvalue weighted by molar-refractivity contribution is 5.91. The molecule has 8 nitrogen and oxygen atoms in total. The molecule has 0 aromatic carbocycles. The summed E-state index contributed by atoms with van der Waals surface area (Å²) in [5.74, 6) is -1.40. The maximum atomic E-state index is 11.8. The molecule has 0 spiro atoms. The molecule has 1 unspecified atom stereocenters. The summed E-state index contributed by atoms with van der Waals surface area (Å²) in [5.41, 5.74) is 0.108.